The van der Waals surface area contributed by atoms with Gasteiger partial charge in [0.25, 0.3) is 5.91 Å². The van der Waals surface area contributed by atoms with Crippen molar-refractivity contribution >= 4 is 17.3 Å². The molecule has 5 nitrogen and oxygen atoms in total. The smallest absolute Gasteiger partial charge is 0.262 e. The van der Waals surface area contributed by atoms with E-state index in [1.165, 1.54) is 12.1 Å². The zero-order valence-electron chi connectivity index (χ0n) is 10.2. The zero-order chi connectivity index (χ0) is 13.7. The van der Waals surface area contributed by atoms with E-state index in [9.17, 15) is 9.90 Å². The number of phenols is 1. The third-order valence-corrected chi connectivity index (χ3v) is 2.41. The molecule has 0 saturated heterocycles. The number of rotatable bonds is 4. The number of benzene rings is 2. The number of carbonyl (C=O) groups is 1. The SMILES string of the molecule is Nc1ccc(O)c(NC(=O)COc2ccccc2)c1. The molecule has 2 rings (SSSR count). The highest BCUT2D eigenvalue weighted by Gasteiger charge is 2.07. The highest BCUT2D eigenvalue weighted by Crippen LogP contribution is 2.25. The van der Waals surface area contributed by atoms with Gasteiger partial charge in [-0.25, -0.2) is 0 Å². The third kappa shape index (κ3) is 3.64. The van der Waals surface area contributed by atoms with E-state index in [-0.39, 0.29) is 24.0 Å². The first-order chi connectivity index (χ1) is 9.15. The lowest BCUT2D eigenvalue weighted by Crippen LogP contribution is -2.20. The number of hydrogen-bond acceptors (Lipinski definition) is 4. The molecule has 1 amide bonds. The van der Waals surface area contributed by atoms with Crippen LogP contribution in [0.15, 0.2) is 48.5 Å². The average molecular weight is 258 g/mol. The van der Waals surface area contributed by atoms with Gasteiger partial charge in [0.05, 0.1) is 5.69 Å². The average Bonchev–Trinajstić information content (AvgIpc) is 2.42. The number of ether oxygens (including phenoxy) is 1. The number of anilines is 2. The van der Waals surface area contributed by atoms with Crippen LogP contribution >= 0.6 is 0 Å². The van der Waals surface area contributed by atoms with Crippen molar-refractivity contribution in [2.75, 3.05) is 17.7 Å². The van der Waals surface area contributed by atoms with Gasteiger partial charge in [-0.05, 0) is 30.3 Å². The van der Waals surface area contributed by atoms with Crippen LogP contribution in [-0.4, -0.2) is 17.6 Å². The van der Waals surface area contributed by atoms with Crippen molar-refractivity contribution in [2.45, 2.75) is 0 Å². The summed E-state index contributed by atoms with van der Waals surface area (Å²) in [6.45, 7) is -0.141. The molecule has 0 atom stereocenters. The fourth-order valence-electron chi connectivity index (χ4n) is 1.51. The monoisotopic (exact) mass is 258 g/mol. The molecule has 2 aromatic carbocycles. The molecule has 0 heterocycles. The zero-order valence-corrected chi connectivity index (χ0v) is 10.2. The molecule has 0 aromatic heterocycles. The number of aromatic hydroxyl groups is 1. The van der Waals surface area contributed by atoms with E-state index in [0.29, 0.717) is 11.4 Å². The van der Waals surface area contributed by atoms with Crippen molar-refractivity contribution < 1.29 is 14.6 Å². The minimum absolute atomic E-state index is 0.0396. The van der Waals surface area contributed by atoms with Crippen LogP contribution in [0.3, 0.4) is 0 Å². The molecule has 0 aliphatic heterocycles. The molecule has 0 radical (unpaired) electrons. The maximum absolute atomic E-state index is 11.7. The second kappa shape index (κ2) is 5.77. The van der Waals surface area contributed by atoms with Gasteiger partial charge < -0.3 is 20.9 Å². The van der Waals surface area contributed by atoms with Gasteiger partial charge in [0.15, 0.2) is 6.61 Å². The minimum atomic E-state index is -0.371. The molecule has 0 unspecified atom stereocenters. The normalized spacial score (nSPS) is 9.89. The fraction of sp³-hybridized carbons (Fsp3) is 0.0714. The Morgan fingerprint density at radius 2 is 1.95 bits per heavy atom. The molecule has 0 fully saturated rings. The van der Waals surface area contributed by atoms with Crippen molar-refractivity contribution in [3.63, 3.8) is 0 Å². The molecule has 5 heteroatoms. The van der Waals surface area contributed by atoms with E-state index in [0.717, 1.165) is 0 Å². The molecule has 2 aromatic rings. The first-order valence-electron chi connectivity index (χ1n) is 5.71. The maximum atomic E-state index is 11.7. The molecular weight excluding hydrogens is 244 g/mol. The number of nitrogens with one attached hydrogen (secondary N) is 1. The van der Waals surface area contributed by atoms with Crippen LogP contribution in [0.2, 0.25) is 0 Å². The van der Waals surface area contributed by atoms with Crippen LogP contribution in [0.4, 0.5) is 11.4 Å². The van der Waals surface area contributed by atoms with Crippen molar-refractivity contribution in [1.82, 2.24) is 0 Å². The Hall–Kier alpha value is -2.69. The summed E-state index contributed by atoms with van der Waals surface area (Å²) in [4.78, 5) is 11.7. The second-order valence-electron chi connectivity index (χ2n) is 3.93. The fourth-order valence-corrected chi connectivity index (χ4v) is 1.51. The molecular formula is C14H14N2O3. The van der Waals surface area contributed by atoms with Gasteiger partial charge in [0, 0.05) is 5.69 Å². The van der Waals surface area contributed by atoms with Crippen LogP contribution in [0.5, 0.6) is 11.5 Å². The van der Waals surface area contributed by atoms with E-state index < -0.39 is 0 Å². The van der Waals surface area contributed by atoms with Gasteiger partial charge in [0.1, 0.15) is 11.5 Å². The Morgan fingerprint density at radius 1 is 1.21 bits per heavy atom. The van der Waals surface area contributed by atoms with Gasteiger partial charge in [-0.1, -0.05) is 18.2 Å². The van der Waals surface area contributed by atoms with Crippen LogP contribution in [0.1, 0.15) is 0 Å². The summed E-state index contributed by atoms with van der Waals surface area (Å²) in [5.74, 6) is 0.196. The number of nitrogen functional groups attached to an aromatic ring is 1. The van der Waals surface area contributed by atoms with E-state index >= 15 is 0 Å². The summed E-state index contributed by atoms with van der Waals surface area (Å²) in [6.07, 6.45) is 0. The highest BCUT2D eigenvalue weighted by atomic mass is 16.5. The highest BCUT2D eigenvalue weighted by molar-refractivity contribution is 5.93. The minimum Gasteiger partial charge on any atom is -0.506 e. The Labute approximate surface area is 110 Å². The van der Waals surface area contributed by atoms with E-state index in [1.54, 1.807) is 18.2 Å². The van der Waals surface area contributed by atoms with Crippen molar-refractivity contribution in [3.05, 3.63) is 48.5 Å². The van der Waals surface area contributed by atoms with Crippen molar-refractivity contribution in [2.24, 2.45) is 0 Å². The molecule has 0 bridgehead atoms. The van der Waals surface area contributed by atoms with E-state index in [1.807, 2.05) is 18.2 Å². The Morgan fingerprint density at radius 3 is 2.68 bits per heavy atom. The summed E-state index contributed by atoms with van der Waals surface area (Å²) in [6, 6.07) is 13.5. The summed E-state index contributed by atoms with van der Waals surface area (Å²) < 4.78 is 5.29. The van der Waals surface area contributed by atoms with Crippen LogP contribution in [0, 0.1) is 0 Å². The Bertz CT molecular complexity index is 570. The van der Waals surface area contributed by atoms with Crippen LogP contribution < -0.4 is 15.8 Å². The predicted molar refractivity (Wildman–Crippen MR) is 73.1 cm³/mol. The molecule has 4 N–H and O–H groups in total. The summed E-state index contributed by atoms with van der Waals surface area (Å²) in [7, 11) is 0. The first kappa shape index (κ1) is 12.8. The van der Waals surface area contributed by atoms with Crippen molar-refractivity contribution in [1.29, 1.82) is 0 Å². The van der Waals surface area contributed by atoms with E-state index in [2.05, 4.69) is 5.32 Å². The summed E-state index contributed by atoms with van der Waals surface area (Å²) in [5, 5.41) is 12.1. The molecule has 0 spiro atoms. The number of amides is 1. The summed E-state index contributed by atoms with van der Waals surface area (Å²) in [5.41, 5.74) is 6.30. The van der Waals surface area contributed by atoms with Crippen LogP contribution in [-0.2, 0) is 4.79 Å². The predicted octanol–water partition coefficient (Wildman–Crippen LogP) is 1.99. The third-order valence-electron chi connectivity index (χ3n) is 2.41. The number of phenolic OH excluding ortho intramolecular Hbond substituents is 1. The van der Waals surface area contributed by atoms with E-state index in [4.69, 9.17) is 10.5 Å². The lowest BCUT2D eigenvalue weighted by molar-refractivity contribution is -0.118. The number of para-hydroxylation sites is 1. The van der Waals surface area contributed by atoms with Gasteiger partial charge in [0.2, 0.25) is 0 Å². The first-order valence-corrected chi connectivity index (χ1v) is 5.71. The standard InChI is InChI=1S/C14H14N2O3/c15-10-6-7-13(17)12(8-10)16-14(18)9-19-11-4-2-1-3-5-11/h1-8,17H,9,15H2,(H,16,18). The Balaban J connectivity index is 1.93. The quantitative estimate of drug-likeness (QED) is 0.445. The van der Waals surface area contributed by atoms with Crippen LogP contribution in [0.25, 0.3) is 0 Å². The molecule has 0 aliphatic rings. The molecule has 98 valence electrons. The molecule has 19 heavy (non-hydrogen) atoms. The second-order valence-corrected chi connectivity index (χ2v) is 3.93. The largest absolute Gasteiger partial charge is 0.506 e. The molecule has 0 aliphatic carbocycles. The van der Waals surface area contributed by atoms with Crippen molar-refractivity contribution in [3.8, 4) is 11.5 Å². The van der Waals surface area contributed by atoms with Gasteiger partial charge >= 0.3 is 0 Å². The number of nitrogens with two attached hydrogens (primary N) is 1. The molecule has 0 saturated carbocycles. The van der Waals surface area contributed by atoms with Gasteiger partial charge in [-0.2, -0.15) is 0 Å². The summed E-state index contributed by atoms with van der Waals surface area (Å²) >= 11 is 0. The lowest BCUT2D eigenvalue weighted by Gasteiger charge is -2.09. The maximum Gasteiger partial charge on any atom is 0.262 e. The van der Waals surface area contributed by atoms with Gasteiger partial charge in [-0.15, -0.1) is 0 Å². The number of carbonyl (C=O) groups excluding carboxylic acids is 1. The lowest BCUT2D eigenvalue weighted by atomic mass is 10.2. The topological polar surface area (TPSA) is 84.6 Å². The van der Waals surface area contributed by atoms with Gasteiger partial charge in [-0.3, -0.25) is 4.79 Å². The number of hydrogen-bond donors (Lipinski definition) is 3. The Kier molecular flexibility index (Phi) is 3.87.